The average Bonchev–Trinajstić information content (AvgIpc) is 2.70. The molecule has 1 amide bonds. The van der Waals surface area contributed by atoms with E-state index in [4.69, 9.17) is 14.9 Å². The van der Waals surface area contributed by atoms with Crippen molar-refractivity contribution >= 4 is 11.8 Å². The third kappa shape index (κ3) is 2.30. The summed E-state index contributed by atoms with van der Waals surface area (Å²) in [5.74, 6) is -0.768. The molecule has 0 unspecified atom stereocenters. The molecule has 0 bridgehead atoms. The highest BCUT2D eigenvalue weighted by atomic mass is 19.1. The van der Waals surface area contributed by atoms with Gasteiger partial charge in [-0.15, -0.1) is 0 Å². The number of hydrogen-bond donors (Lipinski definition) is 2. The Bertz CT molecular complexity index is 463. The van der Waals surface area contributed by atoms with Gasteiger partial charge in [-0.1, -0.05) is 6.92 Å². The van der Waals surface area contributed by atoms with Gasteiger partial charge in [0.15, 0.2) is 6.29 Å². The summed E-state index contributed by atoms with van der Waals surface area (Å²) in [6.07, 6.45) is -1.88. The maximum absolute atomic E-state index is 13.6. The van der Waals surface area contributed by atoms with Gasteiger partial charge in [0.1, 0.15) is 11.9 Å². The molecule has 0 aromatic heterocycles. The number of aliphatic hydroxyl groups excluding tert-OH is 1. The molecule has 1 aromatic carbocycles. The Morgan fingerprint density at radius 3 is 2.78 bits per heavy atom. The fourth-order valence-corrected chi connectivity index (χ4v) is 1.84. The highest BCUT2D eigenvalue weighted by Gasteiger charge is 2.31. The number of benzene rings is 1. The highest BCUT2D eigenvalue weighted by molar-refractivity contribution is 5.89. The highest BCUT2D eigenvalue weighted by Crippen LogP contribution is 2.26. The van der Waals surface area contributed by atoms with Gasteiger partial charge in [-0.2, -0.15) is 0 Å². The molecule has 0 spiro atoms. The summed E-state index contributed by atoms with van der Waals surface area (Å²) in [5.41, 5.74) is 0.121. The van der Waals surface area contributed by atoms with E-state index in [1.807, 2.05) is 6.92 Å². The van der Waals surface area contributed by atoms with Crippen LogP contribution in [0.4, 0.5) is 14.9 Å². The van der Waals surface area contributed by atoms with Gasteiger partial charge >= 0.3 is 6.09 Å². The van der Waals surface area contributed by atoms with E-state index >= 15 is 0 Å². The zero-order chi connectivity index (χ0) is 13.3. The second kappa shape index (κ2) is 4.91. The summed E-state index contributed by atoms with van der Waals surface area (Å²) in [6, 6.07) is 3.78. The van der Waals surface area contributed by atoms with Crippen LogP contribution in [0.3, 0.4) is 0 Å². The smallest absolute Gasteiger partial charge is 0.414 e. The van der Waals surface area contributed by atoms with Crippen LogP contribution in [-0.2, 0) is 4.74 Å². The van der Waals surface area contributed by atoms with Gasteiger partial charge in [0, 0.05) is 5.56 Å². The molecule has 1 aliphatic heterocycles. The lowest BCUT2D eigenvalue weighted by atomic mass is 10.1. The lowest BCUT2D eigenvalue weighted by Crippen LogP contribution is -2.24. The lowest BCUT2D eigenvalue weighted by Gasteiger charge is -2.14. The number of hydrogen-bond acceptors (Lipinski definition) is 4. The van der Waals surface area contributed by atoms with Gasteiger partial charge in [-0.05, 0) is 24.6 Å². The van der Waals surface area contributed by atoms with E-state index in [1.165, 1.54) is 17.0 Å². The van der Waals surface area contributed by atoms with E-state index in [0.717, 1.165) is 6.07 Å². The topological polar surface area (TPSA) is 70.0 Å². The SMILES string of the molecule is CC[C@H]1CN(c2ccc(C(O)O)c(F)c2)C(=O)O1. The normalized spacial score (nSPS) is 19.5. The van der Waals surface area contributed by atoms with E-state index in [0.29, 0.717) is 18.7 Å². The molecule has 0 aliphatic carbocycles. The fraction of sp³-hybridized carbons (Fsp3) is 0.417. The van der Waals surface area contributed by atoms with Crippen molar-refractivity contribution in [2.75, 3.05) is 11.4 Å². The van der Waals surface area contributed by atoms with E-state index in [2.05, 4.69) is 0 Å². The van der Waals surface area contributed by atoms with Crippen molar-refractivity contribution in [1.82, 2.24) is 0 Å². The molecule has 2 N–H and O–H groups in total. The molecular formula is C12H14FNO4. The standard InChI is InChI=1S/C12H14FNO4/c1-2-8-6-14(12(17)18-8)7-3-4-9(11(15)16)10(13)5-7/h3-5,8,11,15-16H,2,6H2,1H3/t8-/m0/s1. The molecule has 1 heterocycles. The van der Waals surface area contributed by atoms with Crippen LogP contribution in [0.25, 0.3) is 0 Å². The van der Waals surface area contributed by atoms with Crippen LogP contribution in [0.5, 0.6) is 0 Å². The number of aliphatic hydroxyl groups is 2. The van der Waals surface area contributed by atoms with Gasteiger partial charge in [0.25, 0.3) is 0 Å². The maximum Gasteiger partial charge on any atom is 0.414 e. The zero-order valence-electron chi connectivity index (χ0n) is 9.84. The number of nitrogens with zero attached hydrogens (tertiary/aromatic N) is 1. The van der Waals surface area contributed by atoms with Crippen molar-refractivity contribution in [3.63, 3.8) is 0 Å². The first-order chi connectivity index (χ1) is 8.52. The van der Waals surface area contributed by atoms with Gasteiger partial charge in [-0.25, -0.2) is 9.18 Å². The van der Waals surface area contributed by atoms with E-state index in [1.54, 1.807) is 0 Å². The quantitative estimate of drug-likeness (QED) is 0.804. The first-order valence-electron chi connectivity index (χ1n) is 5.66. The minimum Gasteiger partial charge on any atom is -0.444 e. The minimum absolute atomic E-state index is 0.191. The molecule has 1 fully saturated rings. The van der Waals surface area contributed by atoms with Crippen LogP contribution in [0.15, 0.2) is 18.2 Å². The second-order valence-corrected chi connectivity index (χ2v) is 4.10. The number of ether oxygens (including phenoxy) is 1. The molecule has 1 saturated heterocycles. The van der Waals surface area contributed by atoms with Crippen molar-refractivity contribution in [1.29, 1.82) is 0 Å². The number of rotatable bonds is 3. The largest absolute Gasteiger partial charge is 0.444 e. The van der Waals surface area contributed by atoms with Crippen LogP contribution < -0.4 is 4.90 Å². The molecule has 0 radical (unpaired) electrons. The predicted molar refractivity (Wildman–Crippen MR) is 61.5 cm³/mol. The molecule has 1 atom stereocenters. The summed E-state index contributed by atoms with van der Waals surface area (Å²) >= 11 is 0. The Hall–Kier alpha value is -1.66. The number of anilines is 1. The Morgan fingerprint density at radius 1 is 1.56 bits per heavy atom. The Labute approximate surface area is 103 Å². The molecule has 2 rings (SSSR count). The molecule has 98 valence electrons. The molecule has 0 saturated carbocycles. The first-order valence-corrected chi connectivity index (χ1v) is 5.66. The van der Waals surface area contributed by atoms with E-state index in [-0.39, 0.29) is 11.7 Å². The van der Waals surface area contributed by atoms with Gasteiger partial charge in [-0.3, -0.25) is 4.90 Å². The van der Waals surface area contributed by atoms with E-state index in [9.17, 15) is 9.18 Å². The van der Waals surface area contributed by atoms with Crippen LogP contribution in [0.2, 0.25) is 0 Å². The van der Waals surface area contributed by atoms with Gasteiger partial charge in [0.2, 0.25) is 0 Å². The third-order valence-electron chi connectivity index (χ3n) is 2.90. The number of amides is 1. The second-order valence-electron chi connectivity index (χ2n) is 4.10. The monoisotopic (exact) mass is 255 g/mol. The van der Waals surface area contributed by atoms with Gasteiger partial charge in [0.05, 0.1) is 12.2 Å². The van der Waals surface area contributed by atoms with Crippen molar-refractivity contribution in [3.05, 3.63) is 29.6 Å². The molecule has 1 aliphatic rings. The van der Waals surface area contributed by atoms with Crippen molar-refractivity contribution in [2.45, 2.75) is 25.7 Å². The van der Waals surface area contributed by atoms with Crippen molar-refractivity contribution in [2.24, 2.45) is 0 Å². The number of cyclic esters (lactones) is 1. The van der Waals surface area contributed by atoms with Crippen molar-refractivity contribution < 1.29 is 24.1 Å². The predicted octanol–water partition coefficient (Wildman–Crippen LogP) is 1.54. The lowest BCUT2D eigenvalue weighted by molar-refractivity contribution is -0.0449. The van der Waals surface area contributed by atoms with Crippen molar-refractivity contribution in [3.8, 4) is 0 Å². The van der Waals surface area contributed by atoms with Crippen LogP contribution in [0.1, 0.15) is 25.2 Å². The number of carbonyl (C=O) groups is 1. The molecular weight excluding hydrogens is 241 g/mol. The Morgan fingerprint density at radius 2 is 2.28 bits per heavy atom. The number of halogens is 1. The maximum atomic E-state index is 13.6. The summed E-state index contributed by atoms with van der Waals surface area (Å²) < 4.78 is 18.6. The number of carbonyl (C=O) groups excluding carboxylic acids is 1. The minimum atomic E-state index is -1.87. The van der Waals surface area contributed by atoms with Gasteiger partial charge < -0.3 is 14.9 Å². The third-order valence-corrected chi connectivity index (χ3v) is 2.90. The molecule has 5 nitrogen and oxygen atoms in total. The zero-order valence-corrected chi connectivity index (χ0v) is 9.84. The Kier molecular flexibility index (Phi) is 3.49. The first kappa shape index (κ1) is 12.8. The van der Waals surface area contributed by atoms with E-state index < -0.39 is 18.2 Å². The van der Waals surface area contributed by atoms with Crippen LogP contribution in [0, 0.1) is 5.82 Å². The summed E-state index contributed by atoms with van der Waals surface area (Å²) in [4.78, 5) is 12.9. The van der Waals surface area contributed by atoms with Crippen LogP contribution in [-0.4, -0.2) is 29.0 Å². The molecule has 1 aromatic rings. The molecule has 6 heteroatoms. The summed E-state index contributed by atoms with van der Waals surface area (Å²) in [5, 5.41) is 17.8. The Balaban J connectivity index is 2.25. The fourth-order valence-electron chi connectivity index (χ4n) is 1.84. The average molecular weight is 255 g/mol. The van der Waals surface area contributed by atoms with Crippen LogP contribution >= 0.6 is 0 Å². The summed E-state index contributed by atoms with van der Waals surface area (Å²) in [7, 11) is 0. The summed E-state index contributed by atoms with van der Waals surface area (Å²) in [6.45, 7) is 2.27. The molecule has 18 heavy (non-hydrogen) atoms.